The summed E-state index contributed by atoms with van der Waals surface area (Å²) in [5.41, 5.74) is 1.93. The van der Waals surface area contributed by atoms with Gasteiger partial charge in [-0.3, -0.25) is 4.79 Å². The summed E-state index contributed by atoms with van der Waals surface area (Å²) in [5.74, 6) is 0.852. The second kappa shape index (κ2) is 5.55. The zero-order valence-electron chi connectivity index (χ0n) is 11.1. The van der Waals surface area contributed by atoms with Crippen molar-refractivity contribution in [3.8, 4) is 0 Å². The number of benzene rings is 2. The summed E-state index contributed by atoms with van der Waals surface area (Å²) in [4.78, 5) is 13.2. The van der Waals surface area contributed by atoms with Gasteiger partial charge in [0.25, 0.3) is 0 Å². The molecule has 0 N–H and O–H groups in total. The van der Waals surface area contributed by atoms with E-state index in [9.17, 15) is 4.79 Å². The molecule has 0 spiro atoms. The molecule has 0 amide bonds. The molecule has 3 rings (SSSR count). The second-order valence-corrected chi connectivity index (χ2v) is 5.73. The van der Waals surface area contributed by atoms with Gasteiger partial charge < -0.3 is 4.42 Å². The van der Waals surface area contributed by atoms with E-state index in [0.717, 1.165) is 21.4 Å². The Morgan fingerprint density at radius 1 is 1.10 bits per heavy atom. The Bertz CT molecular complexity index is 744. The monoisotopic (exact) mass is 282 g/mol. The van der Waals surface area contributed by atoms with Gasteiger partial charge in [-0.2, -0.15) is 0 Å². The van der Waals surface area contributed by atoms with Crippen molar-refractivity contribution < 1.29 is 9.21 Å². The van der Waals surface area contributed by atoms with Crippen molar-refractivity contribution >= 4 is 28.5 Å². The number of aryl methyl sites for hydroxylation is 1. The van der Waals surface area contributed by atoms with Crippen LogP contribution in [0.5, 0.6) is 0 Å². The van der Waals surface area contributed by atoms with Crippen LogP contribution in [0.25, 0.3) is 11.0 Å². The van der Waals surface area contributed by atoms with Gasteiger partial charge in [0.05, 0.1) is 5.75 Å². The molecule has 0 radical (unpaired) electrons. The van der Waals surface area contributed by atoms with Gasteiger partial charge >= 0.3 is 0 Å². The molecule has 0 aliphatic heterocycles. The number of thioether (sulfide) groups is 1. The minimum absolute atomic E-state index is 0.0210. The quantitative estimate of drug-likeness (QED) is 0.512. The van der Waals surface area contributed by atoms with Crippen LogP contribution < -0.4 is 0 Å². The van der Waals surface area contributed by atoms with Gasteiger partial charge in [0.1, 0.15) is 5.58 Å². The van der Waals surface area contributed by atoms with Crippen LogP contribution in [-0.2, 0) is 0 Å². The van der Waals surface area contributed by atoms with Crippen molar-refractivity contribution in [2.45, 2.75) is 11.8 Å². The molecule has 3 aromatic rings. The highest BCUT2D eigenvalue weighted by molar-refractivity contribution is 8.00. The zero-order chi connectivity index (χ0) is 13.9. The van der Waals surface area contributed by atoms with Crippen LogP contribution in [0.2, 0.25) is 0 Å². The lowest BCUT2D eigenvalue weighted by atomic mass is 10.2. The van der Waals surface area contributed by atoms with Crippen molar-refractivity contribution in [3.63, 3.8) is 0 Å². The van der Waals surface area contributed by atoms with Gasteiger partial charge in [0.15, 0.2) is 5.76 Å². The van der Waals surface area contributed by atoms with Gasteiger partial charge in [0, 0.05) is 10.3 Å². The average molecular weight is 282 g/mol. The number of carbonyl (C=O) groups excluding carboxylic acids is 1. The molecule has 100 valence electrons. The molecule has 3 heteroatoms. The fourth-order valence-corrected chi connectivity index (χ4v) is 2.83. The van der Waals surface area contributed by atoms with Crippen molar-refractivity contribution in [1.82, 2.24) is 0 Å². The lowest BCUT2D eigenvalue weighted by Gasteiger charge is -1.98. The SMILES string of the molecule is Cc1ccc2oc(C(=O)CSc3ccccc3)cc2c1. The standard InChI is InChI=1S/C17H14O2S/c1-12-7-8-16-13(9-12)10-17(19-16)15(18)11-20-14-5-3-2-4-6-14/h2-10H,11H2,1H3. The summed E-state index contributed by atoms with van der Waals surface area (Å²) >= 11 is 1.53. The van der Waals surface area contributed by atoms with E-state index in [1.54, 1.807) is 0 Å². The molecule has 0 fully saturated rings. The molecular formula is C17H14O2S. The highest BCUT2D eigenvalue weighted by atomic mass is 32.2. The van der Waals surface area contributed by atoms with Crippen molar-refractivity contribution in [3.05, 3.63) is 65.9 Å². The molecule has 0 aliphatic carbocycles. The summed E-state index contributed by atoms with van der Waals surface area (Å²) in [6.07, 6.45) is 0. The Morgan fingerprint density at radius 3 is 2.70 bits per heavy atom. The first kappa shape index (κ1) is 13.0. The predicted octanol–water partition coefficient (Wildman–Crippen LogP) is 4.72. The van der Waals surface area contributed by atoms with E-state index in [1.807, 2.05) is 61.5 Å². The van der Waals surface area contributed by atoms with E-state index in [4.69, 9.17) is 4.42 Å². The minimum Gasteiger partial charge on any atom is -0.453 e. The maximum Gasteiger partial charge on any atom is 0.208 e. The molecule has 0 saturated carbocycles. The summed E-state index contributed by atoms with van der Waals surface area (Å²) < 4.78 is 5.61. The molecule has 0 atom stereocenters. The molecule has 2 aromatic carbocycles. The fraction of sp³-hybridized carbons (Fsp3) is 0.118. The Balaban J connectivity index is 1.75. The molecule has 2 nitrogen and oxygen atoms in total. The first-order valence-corrected chi connectivity index (χ1v) is 7.42. The van der Waals surface area contributed by atoms with Crippen LogP contribution in [0.3, 0.4) is 0 Å². The lowest BCUT2D eigenvalue weighted by Crippen LogP contribution is -2.00. The van der Waals surface area contributed by atoms with E-state index in [0.29, 0.717) is 11.5 Å². The van der Waals surface area contributed by atoms with Crippen LogP contribution >= 0.6 is 11.8 Å². The van der Waals surface area contributed by atoms with Gasteiger partial charge in [-0.15, -0.1) is 11.8 Å². The number of rotatable bonds is 4. The number of ketones is 1. The van der Waals surface area contributed by atoms with E-state index >= 15 is 0 Å². The van der Waals surface area contributed by atoms with E-state index in [-0.39, 0.29) is 5.78 Å². The Morgan fingerprint density at radius 2 is 1.90 bits per heavy atom. The molecule has 1 aromatic heterocycles. The Kier molecular flexibility index (Phi) is 3.61. The van der Waals surface area contributed by atoms with Crippen LogP contribution in [0.1, 0.15) is 16.1 Å². The highest BCUT2D eigenvalue weighted by Gasteiger charge is 2.12. The number of hydrogen-bond donors (Lipinski definition) is 0. The summed E-state index contributed by atoms with van der Waals surface area (Å²) in [6, 6.07) is 17.7. The maximum absolute atomic E-state index is 12.2. The average Bonchev–Trinajstić information content (AvgIpc) is 2.89. The molecule has 0 saturated heterocycles. The fourth-order valence-electron chi connectivity index (χ4n) is 2.04. The third-order valence-corrected chi connectivity index (χ3v) is 4.07. The third-order valence-electron chi connectivity index (χ3n) is 3.06. The van der Waals surface area contributed by atoms with Crippen molar-refractivity contribution in [1.29, 1.82) is 0 Å². The summed E-state index contributed by atoms with van der Waals surface area (Å²) in [6.45, 7) is 2.03. The van der Waals surface area contributed by atoms with Crippen LogP contribution in [0, 0.1) is 6.92 Å². The van der Waals surface area contributed by atoms with Crippen LogP contribution in [0.4, 0.5) is 0 Å². The van der Waals surface area contributed by atoms with E-state index in [2.05, 4.69) is 0 Å². The second-order valence-electron chi connectivity index (χ2n) is 4.68. The summed E-state index contributed by atoms with van der Waals surface area (Å²) in [5, 5.41) is 0.984. The van der Waals surface area contributed by atoms with Gasteiger partial charge in [-0.05, 0) is 37.3 Å². The molecule has 0 aliphatic rings. The van der Waals surface area contributed by atoms with E-state index < -0.39 is 0 Å². The molecule has 20 heavy (non-hydrogen) atoms. The normalized spacial score (nSPS) is 10.8. The first-order valence-electron chi connectivity index (χ1n) is 6.43. The van der Waals surface area contributed by atoms with Crippen molar-refractivity contribution in [2.75, 3.05) is 5.75 Å². The number of hydrogen-bond acceptors (Lipinski definition) is 3. The number of Topliss-reactive ketones (excluding diaryl/α,β-unsaturated/α-hetero) is 1. The van der Waals surface area contributed by atoms with Gasteiger partial charge in [-0.25, -0.2) is 0 Å². The van der Waals surface area contributed by atoms with E-state index in [1.165, 1.54) is 11.8 Å². The van der Waals surface area contributed by atoms with Crippen LogP contribution in [0.15, 0.2) is 63.9 Å². The predicted molar refractivity (Wildman–Crippen MR) is 82.4 cm³/mol. The maximum atomic E-state index is 12.2. The number of carbonyl (C=O) groups is 1. The lowest BCUT2D eigenvalue weighted by molar-refractivity contribution is 0.0994. The largest absolute Gasteiger partial charge is 0.453 e. The Hall–Kier alpha value is -2.00. The molecular weight excluding hydrogens is 268 g/mol. The van der Waals surface area contributed by atoms with Crippen molar-refractivity contribution in [2.24, 2.45) is 0 Å². The smallest absolute Gasteiger partial charge is 0.208 e. The molecule has 0 unspecified atom stereocenters. The summed E-state index contributed by atoms with van der Waals surface area (Å²) in [7, 11) is 0. The third kappa shape index (κ3) is 2.78. The minimum atomic E-state index is 0.0210. The first-order chi connectivity index (χ1) is 9.72. The zero-order valence-corrected chi connectivity index (χ0v) is 11.9. The molecule has 0 bridgehead atoms. The Labute approximate surface area is 121 Å². The van der Waals surface area contributed by atoms with Gasteiger partial charge in [0.2, 0.25) is 5.78 Å². The number of furan rings is 1. The van der Waals surface area contributed by atoms with Gasteiger partial charge in [-0.1, -0.05) is 29.8 Å². The number of fused-ring (bicyclic) bond motifs is 1. The topological polar surface area (TPSA) is 30.2 Å². The highest BCUT2D eigenvalue weighted by Crippen LogP contribution is 2.23. The van der Waals surface area contributed by atoms with Crippen LogP contribution in [-0.4, -0.2) is 11.5 Å². The molecule has 1 heterocycles.